The van der Waals surface area contributed by atoms with Crippen LogP contribution in [0.3, 0.4) is 0 Å². The van der Waals surface area contributed by atoms with Crippen molar-refractivity contribution in [2.24, 2.45) is 0 Å². The van der Waals surface area contributed by atoms with Gasteiger partial charge >= 0.3 is 6.03 Å². The number of anilines is 1. The second-order valence-corrected chi connectivity index (χ2v) is 8.18. The molecule has 2 aromatic rings. The normalized spacial score (nSPS) is 21.4. The number of nitriles is 1. The number of likely N-dealkylation sites (N-methyl/N-ethyl adjacent to an activating group) is 1. The lowest BCUT2D eigenvalue weighted by atomic mass is 9.79. The molecule has 1 fully saturated rings. The molecule has 0 saturated carbocycles. The number of hydrogen-bond acceptors (Lipinski definition) is 2. The van der Waals surface area contributed by atoms with E-state index in [4.69, 9.17) is 28.5 Å². The number of hydrogen-bond donors (Lipinski definition) is 0. The predicted octanol–water partition coefficient (Wildman–Crippen LogP) is 5.79. The first-order valence-electron chi connectivity index (χ1n) is 9.18. The summed E-state index contributed by atoms with van der Waals surface area (Å²) in [7, 11) is 1.86. The third-order valence-electron chi connectivity index (χ3n) is 5.66. The highest BCUT2D eigenvalue weighted by Crippen LogP contribution is 2.47. The number of halogens is 2. The fraction of sp³-hybridized carbons (Fsp3) is 0.273. The van der Waals surface area contributed by atoms with Gasteiger partial charge in [0.25, 0.3) is 0 Å². The molecular weight excluding hydrogens is 393 g/mol. The molecule has 2 amide bonds. The minimum Gasteiger partial charge on any atom is -0.316 e. The van der Waals surface area contributed by atoms with E-state index in [1.54, 1.807) is 23.1 Å². The smallest absolute Gasteiger partial charge is 0.316 e. The Bertz CT molecular complexity index is 989. The number of carbonyl (C=O) groups excluding carboxylic acids is 1. The fourth-order valence-electron chi connectivity index (χ4n) is 4.28. The van der Waals surface area contributed by atoms with Crippen molar-refractivity contribution < 1.29 is 4.79 Å². The molecule has 1 atom stereocenters. The zero-order chi connectivity index (χ0) is 19.9. The first-order chi connectivity index (χ1) is 13.4. The van der Waals surface area contributed by atoms with Crippen LogP contribution in [-0.2, 0) is 6.42 Å². The minimum absolute atomic E-state index is 0.0832. The Balaban J connectivity index is 1.77. The van der Waals surface area contributed by atoms with Crippen molar-refractivity contribution in [1.82, 2.24) is 4.90 Å². The van der Waals surface area contributed by atoms with Crippen molar-refractivity contribution in [3.8, 4) is 6.07 Å². The van der Waals surface area contributed by atoms with Gasteiger partial charge in [-0.05, 0) is 55.2 Å². The molecule has 1 aliphatic heterocycles. The molecule has 2 aliphatic rings. The van der Waals surface area contributed by atoms with Crippen molar-refractivity contribution in [2.45, 2.75) is 31.2 Å². The lowest BCUT2D eigenvalue weighted by molar-refractivity contribution is 0.175. The highest BCUT2D eigenvalue weighted by Gasteiger charge is 2.53. The van der Waals surface area contributed by atoms with Crippen molar-refractivity contribution >= 4 is 34.9 Å². The maximum atomic E-state index is 13.3. The van der Waals surface area contributed by atoms with Crippen LogP contribution in [0.5, 0.6) is 0 Å². The number of rotatable bonds is 3. The monoisotopic (exact) mass is 411 g/mol. The van der Waals surface area contributed by atoms with Crippen LogP contribution in [-0.4, -0.2) is 23.5 Å². The molecule has 1 aliphatic carbocycles. The van der Waals surface area contributed by atoms with Crippen molar-refractivity contribution in [2.75, 3.05) is 11.9 Å². The van der Waals surface area contributed by atoms with Crippen LogP contribution in [0.4, 0.5) is 10.5 Å². The summed E-state index contributed by atoms with van der Waals surface area (Å²) < 4.78 is 0. The first-order valence-corrected chi connectivity index (χ1v) is 9.94. The SMILES string of the molecule is CN1C(=O)N(c2cc(Cl)cc(Cl)c2)C2=CCCCC21Cc1ccc(C#N)cc1. The number of carbonyl (C=O) groups is 1. The average Bonchev–Trinajstić information content (AvgIpc) is 2.89. The third kappa shape index (κ3) is 3.05. The number of nitrogens with zero attached hydrogens (tertiary/aromatic N) is 3. The van der Waals surface area contributed by atoms with Gasteiger partial charge in [0.1, 0.15) is 0 Å². The van der Waals surface area contributed by atoms with Crippen LogP contribution in [0, 0.1) is 11.3 Å². The zero-order valence-electron chi connectivity index (χ0n) is 15.5. The summed E-state index contributed by atoms with van der Waals surface area (Å²) in [5.74, 6) is 0. The molecule has 142 valence electrons. The number of urea groups is 1. The van der Waals surface area contributed by atoms with Gasteiger partial charge in [-0.15, -0.1) is 0 Å². The van der Waals surface area contributed by atoms with Gasteiger partial charge < -0.3 is 4.90 Å². The molecule has 1 heterocycles. The molecule has 28 heavy (non-hydrogen) atoms. The summed E-state index contributed by atoms with van der Waals surface area (Å²) in [6, 6.07) is 14.9. The van der Waals surface area contributed by atoms with Crippen LogP contribution in [0.15, 0.2) is 54.2 Å². The summed E-state index contributed by atoms with van der Waals surface area (Å²) >= 11 is 12.4. The lowest BCUT2D eigenvalue weighted by Crippen LogP contribution is -2.46. The Hall–Kier alpha value is -2.48. The van der Waals surface area contributed by atoms with Gasteiger partial charge in [0.05, 0.1) is 22.9 Å². The summed E-state index contributed by atoms with van der Waals surface area (Å²) in [6.45, 7) is 0. The summed E-state index contributed by atoms with van der Waals surface area (Å²) in [5.41, 5.74) is 2.97. The van der Waals surface area contributed by atoms with Crippen molar-refractivity contribution in [1.29, 1.82) is 5.26 Å². The molecule has 0 bridgehead atoms. The van der Waals surface area contributed by atoms with Crippen molar-refractivity contribution in [3.63, 3.8) is 0 Å². The molecular formula is C22H19Cl2N3O. The Morgan fingerprint density at radius 2 is 1.82 bits per heavy atom. The Labute approximate surface area is 174 Å². The first kappa shape index (κ1) is 18.9. The average molecular weight is 412 g/mol. The highest BCUT2D eigenvalue weighted by atomic mass is 35.5. The topological polar surface area (TPSA) is 47.3 Å². The Morgan fingerprint density at radius 1 is 1.14 bits per heavy atom. The van der Waals surface area contributed by atoms with Gasteiger partial charge in [0.2, 0.25) is 0 Å². The molecule has 2 aromatic carbocycles. The van der Waals surface area contributed by atoms with Gasteiger partial charge in [-0.3, -0.25) is 4.90 Å². The van der Waals surface area contributed by atoms with Gasteiger partial charge in [0, 0.05) is 29.2 Å². The minimum atomic E-state index is -0.418. The van der Waals surface area contributed by atoms with Crippen LogP contribution in [0.2, 0.25) is 10.0 Å². The number of allylic oxidation sites excluding steroid dienone is 1. The van der Waals surface area contributed by atoms with Gasteiger partial charge in [0.15, 0.2) is 0 Å². The van der Waals surface area contributed by atoms with E-state index < -0.39 is 5.54 Å². The number of fused-ring (bicyclic) bond motifs is 1. The summed E-state index contributed by atoms with van der Waals surface area (Å²) in [5, 5.41) is 10.0. The van der Waals surface area contributed by atoms with Crippen LogP contribution in [0.25, 0.3) is 0 Å². The summed E-state index contributed by atoms with van der Waals surface area (Å²) in [6.07, 6.45) is 5.67. The highest BCUT2D eigenvalue weighted by molar-refractivity contribution is 6.35. The van der Waals surface area contributed by atoms with Crippen LogP contribution < -0.4 is 4.90 Å². The third-order valence-corrected chi connectivity index (χ3v) is 6.09. The fourth-order valence-corrected chi connectivity index (χ4v) is 4.79. The maximum absolute atomic E-state index is 13.3. The van der Waals surface area contributed by atoms with Gasteiger partial charge in [-0.2, -0.15) is 5.26 Å². The molecule has 1 saturated heterocycles. The molecule has 4 nitrogen and oxygen atoms in total. The maximum Gasteiger partial charge on any atom is 0.329 e. The molecule has 0 spiro atoms. The molecule has 6 heteroatoms. The van der Waals surface area contributed by atoms with E-state index in [1.807, 2.05) is 36.2 Å². The van der Waals surface area contributed by atoms with E-state index in [9.17, 15) is 4.79 Å². The van der Waals surface area contributed by atoms with Gasteiger partial charge in [-0.1, -0.05) is 41.4 Å². The molecule has 1 unspecified atom stereocenters. The van der Waals surface area contributed by atoms with E-state index in [-0.39, 0.29) is 6.03 Å². The van der Waals surface area contributed by atoms with E-state index in [0.717, 1.165) is 30.5 Å². The van der Waals surface area contributed by atoms with Crippen LogP contribution >= 0.6 is 23.2 Å². The second-order valence-electron chi connectivity index (χ2n) is 7.30. The Morgan fingerprint density at radius 3 is 2.46 bits per heavy atom. The van der Waals surface area contributed by atoms with Gasteiger partial charge in [-0.25, -0.2) is 4.79 Å². The molecule has 0 N–H and O–H groups in total. The molecule has 4 rings (SSSR count). The van der Waals surface area contributed by atoms with Crippen LogP contribution in [0.1, 0.15) is 30.4 Å². The Kier molecular flexibility index (Phi) is 4.82. The predicted molar refractivity (Wildman–Crippen MR) is 112 cm³/mol. The second kappa shape index (κ2) is 7.16. The standard InChI is InChI=1S/C22H19Cl2N3O/c1-26-21(28)27(19-11-17(23)10-18(24)12-19)20-4-2-3-9-22(20,26)13-15-5-7-16(14-25)8-6-15/h4-8,10-12H,2-3,9,13H2,1H3. The number of benzene rings is 2. The van der Waals surface area contributed by atoms with E-state index in [1.165, 1.54) is 0 Å². The zero-order valence-corrected chi connectivity index (χ0v) is 17.0. The quantitative estimate of drug-likeness (QED) is 0.641. The molecule has 0 aromatic heterocycles. The van der Waals surface area contributed by atoms with E-state index in [2.05, 4.69) is 12.1 Å². The number of amides is 2. The van der Waals surface area contributed by atoms with E-state index in [0.29, 0.717) is 27.7 Å². The van der Waals surface area contributed by atoms with Crippen molar-refractivity contribution in [3.05, 3.63) is 75.4 Å². The molecule has 0 radical (unpaired) electrons. The summed E-state index contributed by atoms with van der Waals surface area (Å²) in [4.78, 5) is 16.8. The van der Waals surface area contributed by atoms with E-state index >= 15 is 0 Å². The largest absolute Gasteiger partial charge is 0.329 e. The lowest BCUT2D eigenvalue weighted by Gasteiger charge is -2.38.